The Kier molecular flexibility index (Phi) is 3.90. The number of benzene rings is 1. The summed E-state index contributed by atoms with van der Waals surface area (Å²) in [4.78, 5) is 13.5. The van der Waals surface area contributed by atoms with Gasteiger partial charge in [0.2, 0.25) is 0 Å². The van der Waals surface area contributed by atoms with Crippen LogP contribution in [0, 0.1) is 5.82 Å². The molecule has 6 heteroatoms. The van der Waals surface area contributed by atoms with E-state index in [1.807, 2.05) is 0 Å². The normalized spacial score (nSPS) is 10.5. The third-order valence-corrected chi connectivity index (χ3v) is 3.02. The fourth-order valence-electron chi connectivity index (χ4n) is 1.65. The maximum atomic E-state index is 13.6. The van der Waals surface area contributed by atoms with E-state index in [-0.39, 0.29) is 12.1 Å². The van der Waals surface area contributed by atoms with E-state index in [1.165, 1.54) is 23.1 Å². The number of carbonyl (C=O) groups excluding carboxylic acids is 1. The van der Waals surface area contributed by atoms with Crippen LogP contribution >= 0.6 is 15.9 Å². The number of anilines is 1. The van der Waals surface area contributed by atoms with Crippen LogP contribution in [-0.2, 0) is 6.54 Å². The molecule has 4 nitrogen and oxygen atoms in total. The molecule has 0 aliphatic rings. The molecule has 0 saturated heterocycles. The minimum atomic E-state index is -0.591. The Labute approximate surface area is 118 Å². The molecular formula is C13H12BrFN2O2. The van der Waals surface area contributed by atoms with Gasteiger partial charge in [0, 0.05) is 12.7 Å². The van der Waals surface area contributed by atoms with Crippen molar-refractivity contribution in [2.24, 2.45) is 0 Å². The van der Waals surface area contributed by atoms with Crippen LogP contribution in [0.3, 0.4) is 0 Å². The molecule has 2 rings (SSSR count). The van der Waals surface area contributed by atoms with E-state index >= 15 is 0 Å². The lowest BCUT2D eigenvalue weighted by molar-refractivity contribution is 0.0770. The van der Waals surface area contributed by atoms with Crippen molar-refractivity contribution >= 4 is 27.5 Å². The maximum absolute atomic E-state index is 13.6. The summed E-state index contributed by atoms with van der Waals surface area (Å²) >= 11 is 3.18. The number of amides is 1. The zero-order chi connectivity index (χ0) is 14.0. The Morgan fingerprint density at radius 3 is 2.79 bits per heavy atom. The lowest BCUT2D eigenvalue weighted by atomic mass is 10.1. The molecule has 0 atom stereocenters. The Balaban J connectivity index is 2.16. The topological polar surface area (TPSA) is 59.5 Å². The second-order valence-corrected chi connectivity index (χ2v) is 4.89. The van der Waals surface area contributed by atoms with Gasteiger partial charge in [-0.15, -0.1) is 0 Å². The van der Waals surface area contributed by atoms with Crippen molar-refractivity contribution in [1.82, 2.24) is 4.90 Å². The monoisotopic (exact) mass is 326 g/mol. The molecular weight excluding hydrogens is 315 g/mol. The highest BCUT2D eigenvalue weighted by atomic mass is 79.9. The summed E-state index contributed by atoms with van der Waals surface area (Å²) in [7, 11) is 1.57. The first kappa shape index (κ1) is 13.6. The predicted octanol–water partition coefficient (Wildman–Crippen LogP) is 3.04. The van der Waals surface area contributed by atoms with Gasteiger partial charge in [-0.2, -0.15) is 0 Å². The molecule has 0 aliphatic heterocycles. The van der Waals surface area contributed by atoms with Crippen LogP contribution in [0.25, 0.3) is 0 Å². The number of hydrogen-bond donors (Lipinski definition) is 1. The molecule has 1 aromatic heterocycles. The second-order valence-electron chi connectivity index (χ2n) is 4.11. The number of carbonyl (C=O) groups is 1. The maximum Gasteiger partial charge on any atom is 0.257 e. The highest BCUT2D eigenvalue weighted by molar-refractivity contribution is 9.10. The summed E-state index contributed by atoms with van der Waals surface area (Å²) < 4.78 is 19.5. The van der Waals surface area contributed by atoms with Gasteiger partial charge in [0.1, 0.15) is 11.6 Å². The van der Waals surface area contributed by atoms with Crippen molar-refractivity contribution in [3.8, 4) is 0 Å². The molecule has 1 heterocycles. The molecule has 100 valence electrons. The zero-order valence-electron chi connectivity index (χ0n) is 10.2. The van der Waals surface area contributed by atoms with Crippen molar-refractivity contribution in [2.75, 3.05) is 12.8 Å². The average Bonchev–Trinajstić information content (AvgIpc) is 2.77. The molecule has 2 N–H and O–H groups in total. The molecule has 0 spiro atoms. The van der Waals surface area contributed by atoms with Gasteiger partial charge in [-0.25, -0.2) is 4.39 Å². The Hall–Kier alpha value is -1.82. The van der Waals surface area contributed by atoms with Crippen molar-refractivity contribution in [3.05, 3.63) is 52.1 Å². The van der Waals surface area contributed by atoms with E-state index in [2.05, 4.69) is 15.9 Å². The van der Waals surface area contributed by atoms with E-state index < -0.39 is 11.7 Å². The summed E-state index contributed by atoms with van der Waals surface area (Å²) in [5.41, 5.74) is 5.86. The van der Waals surface area contributed by atoms with E-state index in [4.69, 9.17) is 10.2 Å². The molecule has 19 heavy (non-hydrogen) atoms. The minimum Gasteiger partial charge on any atom is -0.452 e. The molecule has 1 amide bonds. The number of nitrogen functional groups attached to an aromatic ring is 1. The van der Waals surface area contributed by atoms with Crippen molar-refractivity contribution in [2.45, 2.75) is 6.54 Å². The number of nitrogens with two attached hydrogens (primary N) is 1. The van der Waals surface area contributed by atoms with Crippen LogP contribution in [-0.4, -0.2) is 17.9 Å². The zero-order valence-corrected chi connectivity index (χ0v) is 11.8. The highest BCUT2D eigenvalue weighted by Crippen LogP contribution is 2.18. The van der Waals surface area contributed by atoms with Crippen LogP contribution < -0.4 is 5.73 Å². The molecule has 0 aliphatic carbocycles. The predicted molar refractivity (Wildman–Crippen MR) is 73.0 cm³/mol. The van der Waals surface area contributed by atoms with Crippen LogP contribution in [0.5, 0.6) is 0 Å². The average molecular weight is 327 g/mol. The third kappa shape index (κ3) is 3.14. The largest absolute Gasteiger partial charge is 0.452 e. The summed E-state index contributed by atoms with van der Waals surface area (Å²) in [6.45, 7) is 0.249. The first-order valence-electron chi connectivity index (χ1n) is 5.52. The summed E-state index contributed by atoms with van der Waals surface area (Å²) in [6, 6.07) is 7.39. The summed E-state index contributed by atoms with van der Waals surface area (Å²) in [5.74, 6) is -0.434. The molecule has 0 saturated carbocycles. The van der Waals surface area contributed by atoms with E-state index in [1.54, 1.807) is 19.2 Å². The van der Waals surface area contributed by atoms with Crippen LogP contribution in [0.15, 0.2) is 39.4 Å². The summed E-state index contributed by atoms with van der Waals surface area (Å²) in [6.07, 6.45) is 0. The molecule has 0 fully saturated rings. The Bertz CT molecular complexity index is 612. The smallest absolute Gasteiger partial charge is 0.257 e. The molecule has 0 radical (unpaired) electrons. The molecule has 0 unspecified atom stereocenters. The second kappa shape index (κ2) is 5.44. The van der Waals surface area contributed by atoms with E-state index in [0.29, 0.717) is 16.1 Å². The number of rotatable bonds is 3. The number of halogens is 2. The van der Waals surface area contributed by atoms with Gasteiger partial charge < -0.3 is 15.1 Å². The fourth-order valence-corrected chi connectivity index (χ4v) is 1.99. The van der Waals surface area contributed by atoms with Crippen LogP contribution in [0.2, 0.25) is 0 Å². The van der Waals surface area contributed by atoms with E-state index in [0.717, 1.165) is 0 Å². The molecule has 1 aromatic carbocycles. The van der Waals surface area contributed by atoms with Crippen molar-refractivity contribution in [3.63, 3.8) is 0 Å². The number of nitrogens with zero attached hydrogens (tertiary/aromatic N) is 1. The number of furan rings is 1. The van der Waals surface area contributed by atoms with Gasteiger partial charge in [-0.3, -0.25) is 4.79 Å². The summed E-state index contributed by atoms with van der Waals surface area (Å²) in [5, 5.41) is 0. The van der Waals surface area contributed by atoms with Crippen LogP contribution in [0.4, 0.5) is 10.1 Å². The quantitative estimate of drug-likeness (QED) is 0.882. The Morgan fingerprint density at radius 1 is 1.42 bits per heavy atom. The van der Waals surface area contributed by atoms with Gasteiger partial charge in [0.05, 0.1) is 12.1 Å². The lowest BCUT2D eigenvalue weighted by Gasteiger charge is -2.16. The van der Waals surface area contributed by atoms with Gasteiger partial charge in [-0.1, -0.05) is 0 Å². The van der Waals surface area contributed by atoms with E-state index in [9.17, 15) is 9.18 Å². The number of hydrogen-bond acceptors (Lipinski definition) is 3. The third-order valence-electron chi connectivity index (χ3n) is 2.59. The SMILES string of the molecule is CN(Cc1ccc(Br)o1)C(=O)c1cc(N)ccc1F. The standard InChI is InChI=1S/C13H12BrFN2O2/c1-17(7-9-3-5-12(14)19-9)13(18)10-6-8(16)2-4-11(10)15/h2-6H,7,16H2,1H3. The first-order chi connectivity index (χ1) is 8.97. The lowest BCUT2D eigenvalue weighted by Crippen LogP contribution is -2.27. The molecule has 2 aromatic rings. The van der Waals surface area contributed by atoms with Gasteiger partial charge in [0.15, 0.2) is 4.67 Å². The molecule has 0 bridgehead atoms. The fraction of sp³-hybridized carbons (Fsp3) is 0.154. The van der Waals surface area contributed by atoms with Gasteiger partial charge in [0.25, 0.3) is 5.91 Å². The van der Waals surface area contributed by atoms with Gasteiger partial charge in [-0.05, 0) is 46.3 Å². The van der Waals surface area contributed by atoms with Crippen molar-refractivity contribution < 1.29 is 13.6 Å². The first-order valence-corrected chi connectivity index (χ1v) is 6.31. The highest BCUT2D eigenvalue weighted by Gasteiger charge is 2.17. The Morgan fingerprint density at radius 2 is 2.16 bits per heavy atom. The van der Waals surface area contributed by atoms with Gasteiger partial charge >= 0.3 is 0 Å². The minimum absolute atomic E-state index is 0.0480. The van der Waals surface area contributed by atoms with Crippen LogP contribution in [0.1, 0.15) is 16.1 Å². The van der Waals surface area contributed by atoms with Crippen molar-refractivity contribution in [1.29, 1.82) is 0 Å².